The minimum atomic E-state index is -0.0718. The molecule has 0 aliphatic carbocycles. The zero-order chi connectivity index (χ0) is 26.1. The Kier molecular flexibility index (Phi) is 6.82. The fourth-order valence-corrected chi connectivity index (χ4v) is 5.98. The highest BCUT2D eigenvalue weighted by molar-refractivity contribution is 7.80. The van der Waals surface area contributed by atoms with Crippen molar-refractivity contribution in [2.24, 2.45) is 0 Å². The number of anilines is 2. The molecule has 2 aliphatic rings. The van der Waals surface area contributed by atoms with Gasteiger partial charge in [0.2, 0.25) is 0 Å². The average Bonchev–Trinajstić information content (AvgIpc) is 3.45. The first-order valence-electron chi connectivity index (χ1n) is 13.1. The van der Waals surface area contributed by atoms with Gasteiger partial charge in [0, 0.05) is 61.0 Å². The van der Waals surface area contributed by atoms with E-state index >= 15 is 0 Å². The Bertz CT molecular complexity index is 1400. The number of hydrogen-bond acceptors (Lipinski definition) is 5. The van der Waals surface area contributed by atoms with Crippen LogP contribution < -0.4 is 15.1 Å². The third-order valence-corrected chi connectivity index (χ3v) is 7.94. The molecule has 0 saturated carbocycles. The summed E-state index contributed by atoms with van der Waals surface area (Å²) < 4.78 is 7.91. The maximum atomic E-state index is 5.97. The van der Waals surface area contributed by atoms with Gasteiger partial charge in [-0.3, -0.25) is 9.97 Å². The van der Waals surface area contributed by atoms with Gasteiger partial charge in [-0.1, -0.05) is 6.07 Å². The maximum Gasteiger partial charge on any atom is 0.174 e. The van der Waals surface area contributed by atoms with Gasteiger partial charge >= 0.3 is 0 Å². The molecule has 0 spiro atoms. The van der Waals surface area contributed by atoms with Crippen LogP contribution >= 0.6 is 12.2 Å². The molecule has 38 heavy (non-hydrogen) atoms. The monoisotopic (exact) mass is 524 g/mol. The van der Waals surface area contributed by atoms with E-state index in [2.05, 4.69) is 87.0 Å². The molecule has 0 radical (unpaired) electrons. The summed E-state index contributed by atoms with van der Waals surface area (Å²) in [7, 11) is 0. The van der Waals surface area contributed by atoms with E-state index in [9.17, 15) is 0 Å². The highest BCUT2D eigenvalue weighted by atomic mass is 32.1. The van der Waals surface area contributed by atoms with Gasteiger partial charge in [0.15, 0.2) is 5.11 Å². The topological polar surface area (TPSA) is 58.5 Å². The molecule has 0 amide bonds. The minimum Gasteiger partial charge on any atom is -0.378 e. The summed E-state index contributed by atoms with van der Waals surface area (Å²) in [6, 6.07) is 21.2. The van der Waals surface area contributed by atoms with Gasteiger partial charge in [0.05, 0.1) is 31.0 Å². The first-order valence-corrected chi connectivity index (χ1v) is 13.5. The maximum absolute atomic E-state index is 5.97. The predicted octanol–water partition coefficient (Wildman–Crippen LogP) is 4.96. The number of nitrogens with zero attached hydrogens (tertiary/aromatic N) is 5. The number of hydrogen-bond donors (Lipinski definition) is 1. The zero-order valence-electron chi connectivity index (χ0n) is 21.7. The van der Waals surface area contributed by atoms with Crippen LogP contribution in [0, 0.1) is 13.8 Å². The molecule has 8 heteroatoms. The largest absolute Gasteiger partial charge is 0.378 e. The number of pyridine rings is 2. The lowest BCUT2D eigenvalue weighted by Crippen LogP contribution is -2.36. The molecule has 0 bridgehead atoms. The van der Waals surface area contributed by atoms with Crippen molar-refractivity contribution in [3.8, 4) is 0 Å². The lowest BCUT2D eigenvalue weighted by atomic mass is 9.96. The molecule has 1 aromatic carbocycles. The van der Waals surface area contributed by atoms with Gasteiger partial charge in [-0.25, -0.2) is 0 Å². The van der Waals surface area contributed by atoms with Crippen molar-refractivity contribution < 1.29 is 4.74 Å². The number of nitrogens with one attached hydrogen (secondary N) is 1. The standard InChI is InChI=1S/C30H32N6OS/c1-21-19-26(22(2)35(21)20-23-10-13-31-14-11-23)29-28(27-5-3-4-12-32-27)33-30(38)36(29)25-8-6-24(7-9-25)34-15-17-37-18-16-34/h3-14,19,28-29H,15-18,20H2,1-2H3,(H,33,38)/t28-,29-/m1/s1. The quantitative estimate of drug-likeness (QED) is 0.358. The van der Waals surface area contributed by atoms with Crippen molar-refractivity contribution in [2.45, 2.75) is 32.5 Å². The highest BCUT2D eigenvalue weighted by Gasteiger charge is 2.42. The SMILES string of the molecule is Cc1cc([C@@H]2[C@@H](c3ccccn3)NC(=S)N2c2ccc(N3CCOCC3)cc2)c(C)n1Cc1ccncc1. The summed E-state index contributed by atoms with van der Waals surface area (Å²) in [6.45, 7) is 8.55. The Morgan fingerprint density at radius 3 is 2.39 bits per heavy atom. The van der Waals surface area contributed by atoms with E-state index in [1.807, 2.05) is 30.7 Å². The van der Waals surface area contributed by atoms with Crippen LogP contribution in [0.2, 0.25) is 0 Å². The smallest absolute Gasteiger partial charge is 0.174 e. The molecule has 2 aliphatic heterocycles. The normalized spacial score (nSPS) is 19.6. The Morgan fingerprint density at radius 2 is 1.68 bits per heavy atom. The van der Waals surface area contributed by atoms with Crippen LogP contribution in [0.25, 0.3) is 0 Å². The molecule has 6 rings (SSSR count). The lowest BCUT2D eigenvalue weighted by molar-refractivity contribution is 0.122. The fourth-order valence-electron chi connectivity index (χ4n) is 5.64. The first-order chi connectivity index (χ1) is 18.6. The number of rotatable bonds is 6. The minimum absolute atomic E-state index is 0.0379. The van der Waals surface area contributed by atoms with Crippen LogP contribution in [0.15, 0.2) is 79.3 Å². The molecule has 7 nitrogen and oxygen atoms in total. The van der Waals surface area contributed by atoms with Crippen LogP contribution in [0.3, 0.4) is 0 Å². The number of benzene rings is 1. The number of thiocarbonyl (C=S) groups is 1. The average molecular weight is 525 g/mol. The Hall–Kier alpha value is -3.75. The van der Waals surface area contributed by atoms with Crippen molar-refractivity contribution in [3.63, 3.8) is 0 Å². The van der Waals surface area contributed by atoms with E-state index in [4.69, 9.17) is 21.9 Å². The Labute approximate surface area is 229 Å². The summed E-state index contributed by atoms with van der Waals surface area (Å²) in [5.41, 5.74) is 8.18. The zero-order valence-corrected chi connectivity index (χ0v) is 22.6. The van der Waals surface area contributed by atoms with Gasteiger partial charge in [0.1, 0.15) is 0 Å². The Balaban J connectivity index is 1.39. The van der Waals surface area contributed by atoms with Gasteiger partial charge in [0.25, 0.3) is 0 Å². The van der Waals surface area contributed by atoms with Gasteiger partial charge in [-0.2, -0.15) is 0 Å². The molecular weight excluding hydrogens is 492 g/mol. The van der Waals surface area contributed by atoms with Gasteiger partial charge < -0.3 is 24.4 Å². The van der Waals surface area contributed by atoms with E-state index in [0.717, 1.165) is 44.2 Å². The summed E-state index contributed by atoms with van der Waals surface area (Å²) in [6.07, 6.45) is 5.55. The predicted molar refractivity (Wildman–Crippen MR) is 155 cm³/mol. The second-order valence-electron chi connectivity index (χ2n) is 9.88. The summed E-state index contributed by atoms with van der Waals surface area (Å²) in [5.74, 6) is 0. The molecule has 2 atom stereocenters. The van der Waals surface area contributed by atoms with Crippen molar-refractivity contribution in [3.05, 3.63) is 107 Å². The molecular formula is C30H32N6OS. The highest BCUT2D eigenvalue weighted by Crippen LogP contribution is 2.43. The van der Waals surface area contributed by atoms with Crippen molar-refractivity contribution in [1.29, 1.82) is 0 Å². The van der Waals surface area contributed by atoms with E-state index in [0.29, 0.717) is 5.11 Å². The van der Waals surface area contributed by atoms with Crippen LogP contribution in [0.5, 0.6) is 0 Å². The third kappa shape index (κ3) is 4.66. The van der Waals surface area contributed by atoms with E-state index in [1.54, 1.807) is 0 Å². The summed E-state index contributed by atoms with van der Waals surface area (Å²) in [4.78, 5) is 13.5. The molecule has 2 fully saturated rings. The van der Waals surface area contributed by atoms with Crippen LogP contribution in [0.4, 0.5) is 11.4 Å². The lowest BCUT2D eigenvalue weighted by Gasteiger charge is -2.31. The first kappa shape index (κ1) is 24.6. The molecule has 0 unspecified atom stereocenters. The summed E-state index contributed by atoms with van der Waals surface area (Å²) >= 11 is 5.97. The fraction of sp³-hybridized carbons (Fsp3) is 0.300. The second-order valence-corrected chi connectivity index (χ2v) is 10.3. The van der Waals surface area contributed by atoms with Crippen molar-refractivity contribution in [2.75, 3.05) is 36.1 Å². The third-order valence-electron chi connectivity index (χ3n) is 7.62. The summed E-state index contributed by atoms with van der Waals surface area (Å²) in [5, 5.41) is 4.31. The number of aryl methyl sites for hydroxylation is 1. The molecule has 1 N–H and O–H groups in total. The van der Waals surface area contributed by atoms with Crippen molar-refractivity contribution in [1.82, 2.24) is 19.9 Å². The molecule has 3 aromatic heterocycles. The Morgan fingerprint density at radius 1 is 0.947 bits per heavy atom. The molecule has 194 valence electrons. The van der Waals surface area contributed by atoms with Crippen LogP contribution in [-0.4, -0.2) is 46.0 Å². The van der Waals surface area contributed by atoms with E-state index in [-0.39, 0.29) is 12.1 Å². The van der Waals surface area contributed by atoms with Crippen LogP contribution in [0.1, 0.15) is 40.3 Å². The van der Waals surface area contributed by atoms with Crippen molar-refractivity contribution >= 4 is 28.7 Å². The second kappa shape index (κ2) is 10.6. The number of morpholine rings is 1. The van der Waals surface area contributed by atoms with E-state index < -0.39 is 0 Å². The molecule has 2 saturated heterocycles. The molecule has 4 aromatic rings. The van der Waals surface area contributed by atoms with E-state index in [1.165, 1.54) is 28.2 Å². The van der Waals surface area contributed by atoms with Gasteiger partial charge in [-0.05, 0) is 91.8 Å². The van der Waals surface area contributed by atoms with Crippen LogP contribution in [-0.2, 0) is 11.3 Å². The molecule has 5 heterocycles. The van der Waals surface area contributed by atoms with Gasteiger partial charge in [-0.15, -0.1) is 0 Å². The number of aromatic nitrogens is 3. The number of ether oxygens (including phenoxy) is 1.